The summed E-state index contributed by atoms with van der Waals surface area (Å²) in [6, 6.07) is 6.11. The number of likely N-dealkylation sites (tertiary alicyclic amines) is 1. The van der Waals surface area contributed by atoms with Crippen LogP contribution in [0.2, 0.25) is 0 Å². The van der Waals surface area contributed by atoms with E-state index in [1.807, 2.05) is 18.7 Å². The molecule has 1 heterocycles. The van der Waals surface area contributed by atoms with E-state index in [0.29, 0.717) is 19.5 Å². The van der Waals surface area contributed by atoms with Crippen molar-refractivity contribution in [3.8, 4) is 0 Å². The average Bonchev–Trinajstić information content (AvgIpc) is 2.81. The zero-order chi connectivity index (χ0) is 15.4. The minimum atomic E-state index is -0.308. The molecule has 1 aromatic carbocycles. The van der Waals surface area contributed by atoms with Gasteiger partial charge in [-0.15, -0.1) is 0 Å². The van der Waals surface area contributed by atoms with Crippen molar-refractivity contribution in [1.82, 2.24) is 10.2 Å². The molecule has 0 spiro atoms. The molecule has 1 saturated heterocycles. The molecule has 114 valence electrons. The first-order valence-electron chi connectivity index (χ1n) is 7.26. The third-order valence-electron chi connectivity index (χ3n) is 3.73. The number of carbonyl (C=O) groups is 2. The van der Waals surface area contributed by atoms with Crippen LogP contribution in [0, 0.1) is 11.7 Å². The summed E-state index contributed by atoms with van der Waals surface area (Å²) in [5, 5.41) is 2.86. The van der Waals surface area contributed by atoms with Crippen LogP contribution in [-0.2, 0) is 16.0 Å². The Labute approximate surface area is 124 Å². The number of hydrogen-bond acceptors (Lipinski definition) is 2. The quantitative estimate of drug-likeness (QED) is 0.898. The maximum atomic E-state index is 12.8. The first-order valence-corrected chi connectivity index (χ1v) is 7.26. The lowest BCUT2D eigenvalue weighted by atomic mass is 10.1. The van der Waals surface area contributed by atoms with Gasteiger partial charge in [-0.05, 0) is 31.5 Å². The molecule has 1 atom stereocenters. The molecule has 0 radical (unpaired) electrons. The van der Waals surface area contributed by atoms with Crippen LogP contribution in [0.25, 0.3) is 0 Å². The van der Waals surface area contributed by atoms with E-state index in [9.17, 15) is 14.0 Å². The highest BCUT2D eigenvalue weighted by atomic mass is 19.1. The van der Waals surface area contributed by atoms with E-state index in [1.54, 1.807) is 12.1 Å². The zero-order valence-electron chi connectivity index (χ0n) is 12.4. The van der Waals surface area contributed by atoms with Crippen LogP contribution in [0.4, 0.5) is 4.39 Å². The summed E-state index contributed by atoms with van der Waals surface area (Å²) in [4.78, 5) is 25.5. The van der Waals surface area contributed by atoms with Gasteiger partial charge in [0.1, 0.15) is 5.82 Å². The predicted octanol–water partition coefficient (Wildman–Crippen LogP) is 1.74. The normalized spacial score (nSPS) is 18.4. The van der Waals surface area contributed by atoms with Gasteiger partial charge in [-0.1, -0.05) is 12.1 Å². The van der Waals surface area contributed by atoms with Crippen molar-refractivity contribution in [2.45, 2.75) is 32.7 Å². The van der Waals surface area contributed by atoms with Crippen LogP contribution in [-0.4, -0.2) is 35.8 Å². The fourth-order valence-corrected chi connectivity index (χ4v) is 2.55. The first-order chi connectivity index (χ1) is 9.95. The highest BCUT2D eigenvalue weighted by Gasteiger charge is 2.30. The van der Waals surface area contributed by atoms with Crippen molar-refractivity contribution in [2.24, 2.45) is 5.92 Å². The molecule has 1 aromatic rings. The second-order valence-corrected chi connectivity index (χ2v) is 5.82. The number of amides is 2. The van der Waals surface area contributed by atoms with Gasteiger partial charge in [0.05, 0.1) is 6.42 Å². The van der Waals surface area contributed by atoms with Crippen LogP contribution in [0.15, 0.2) is 24.3 Å². The van der Waals surface area contributed by atoms with E-state index in [4.69, 9.17) is 0 Å². The summed E-state index contributed by atoms with van der Waals surface area (Å²) < 4.78 is 12.8. The van der Waals surface area contributed by atoms with Crippen molar-refractivity contribution in [1.29, 1.82) is 0 Å². The molecule has 4 nitrogen and oxygen atoms in total. The lowest BCUT2D eigenvalue weighted by Gasteiger charge is -2.21. The van der Waals surface area contributed by atoms with Gasteiger partial charge >= 0.3 is 0 Å². The fourth-order valence-electron chi connectivity index (χ4n) is 2.55. The van der Waals surface area contributed by atoms with E-state index >= 15 is 0 Å². The first kappa shape index (κ1) is 15.5. The minimum absolute atomic E-state index is 0.0999. The molecular formula is C16H21FN2O2. The molecule has 1 fully saturated rings. The highest BCUT2D eigenvalue weighted by Crippen LogP contribution is 2.19. The lowest BCUT2D eigenvalue weighted by Crippen LogP contribution is -2.34. The SMILES string of the molecule is CC(C)N1CC(CNC(=O)Cc2ccc(F)cc2)CC1=O. The molecule has 21 heavy (non-hydrogen) atoms. The second-order valence-electron chi connectivity index (χ2n) is 5.82. The van der Waals surface area contributed by atoms with Crippen LogP contribution in [0.5, 0.6) is 0 Å². The van der Waals surface area contributed by atoms with E-state index in [2.05, 4.69) is 5.32 Å². The van der Waals surface area contributed by atoms with Crippen molar-refractivity contribution in [3.05, 3.63) is 35.6 Å². The van der Waals surface area contributed by atoms with Gasteiger partial charge in [0.25, 0.3) is 0 Å². The molecule has 2 rings (SSSR count). The number of rotatable bonds is 5. The lowest BCUT2D eigenvalue weighted by molar-refractivity contribution is -0.129. The Kier molecular flexibility index (Phi) is 4.94. The Balaban J connectivity index is 1.77. The number of nitrogens with zero attached hydrogens (tertiary/aromatic N) is 1. The summed E-state index contributed by atoms with van der Waals surface area (Å²) in [6.45, 7) is 5.20. The monoisotopic (exact) mass is 292 g/mol. The molecule has 2 amide bonds. The highest BCUT2D eigenvalue weighted by molar-refractivity contribution is 5.80. The number of benzene rings is 1. The fraction of sp³-hybridized carbons (Fsp3) is 0.500. The molecule has 0 bridgehead atoms. The van der Waals surface area contributed by atoms with Crippen molar-refractivity contribution < 1.29 is 14.0 Å². The zero-order valence-corrected chi connectivity index (χ0v) is 12.4. The number of nitrogens with one attached hydrogen (secondary N) is 1. The van der Waals surface area contributed by atoms with Crippen LogP contribution in [0.1, 0.15) is 25.8 Å². The Morgan fingerprint density at radius 2 is 2.05 bits per heavy atom. The third-order valence-corrected chi connectivity index (χ3v) is 3.73. The molecule has 0 saturated carbocycles. The van der Waals surface area contributed by atoms with Crippen molar-refractivity contribution in [3.63, 3.8) is 0 Å². The Morgan fingerprint density at radius 1 is 1.38 bits per heavy atom. The maximum Gasteiger partial charge on any atom is 0.224 e. The van der Waals surface area contributed by atoms with Gasteiger partial charge in [0.15, 0.2) is 0 Å². The van der Waals surface area contributed by atoms with Crippen LogP contribution < -0.4 is 5.32 Å². The third kappa shape index (κ3) is 4.28. The topological polar surface area (TPSA) is 49.4 Å². The number of carbonyl (C=O) groups excluding carboxylic acids is 2. The van der Waals surface area contributed by atoms with Gasteiger partial charge in [-0.3, -0.25) is 9.59 Å². The smallest absolute Gasteiger partial charge is 0.224 e. The predicted molar refractivity (Wildman–Crippen MR) is 78.1 cm³/mol. The van der Waals surface area contributed by atoms with E-state index in [0.717, 1.165) is 5.56 Å². The van der Waals surface area contributed by atoms with E-state index in [-0.39, 0.29) is 36.0 Å². The maximum absolute atomic E-state index is 12.8. The molecular weight excluding hydrogens is 271 g/mol. The molecule has 1 aliphatic heterocycles. The standard InChI is InChI=1S/C16H21FN2O2/c1-11(2)19-10-13(8-16(19)21)9-18-15(20)7-12-3-5-14(17)6-4-12/h3-6,11,13H,7-10H2,1-2H3,(H,18,20). The largest absolute Gasteiger partial charge is 0.355 e. The summed E-state index contributed by atoms with van der Waals surface area (Å²) in [5.74, 6) is -0.0747. The summed E-state index contributed by atoms with van der Waals surface area (Å²) in [6.07, 6.45) is 0.726. The van der Waals surface area contributed by atoms with E-state index < -0.39 is 0 Å². The Morgan fingerprint density at radius 3 is 2.62 bits per heavy atom. The Bertz CT molecular complexity index is 514. The number of halogens is 1. The summed E-state index contributed by atoms with van der Waals surface area (Å²) in [7, 11) is 0. The molecule has 1 aliphatic rings. The van der Waals surface area contributed by atoms with Gasteiger partial charge in [0.2, 0.25) is 11.8 Å². The Hall–Kier alpha value is -1.91. The van der Waals surface area contributed by atoms with Crippen molar-refractivity contribution >= 4 is 11.8 Å². The van der Waals surface area contributed by atoms with Gasteiger partial charge in [-0.25, -0.2) is 4.39 Å². The number of hydrogen-bond donors (Lipinski definition) is 1. The molecule has 5 heteroatoms. The van der Waals surface area contributed by atoms with Crippen LogP contribution in [0.3, 0.4) is 0 Å². The molecule has 0 aromatic heterocycles. The minimum Gasteiger partial charge on any atom is -0.355 e. The van der Waals surface area contributed by atoms with Gasteiger partial charge < -0.3 is 10.2 Å². The second kappa shape index (κ2) is 6.70. The average molecular weight is 292 g/mol. The molecule has 1 unspecified atom stereocenters. The summed E-state index contributed by atoms with van der Waals surface area (Å²) >= 11 is 0. The van der Waals surface area contributed by atoms with Crippen LogP contribution >= 0.6 is 0 Å². The van der Waals surface area contributed by atoms with Gasteiger partial charge in [-0.2, -0.15) is 0 Å². The van der Waals surface area contributed by atoms with Crippen molar-refractivity contribution in [2.75, 3.05) is 13.1 Å². The summed E-state index contributed by atoms with van der Waals surface area (Å²) in [5.41, 5.74) is 0.778. The molecule has 1 N–H and O–H groups in total. The molecule has 0 aliphatic carbocycles. The van der Waals surface area contributed by atoms with Gasteiger partial charge in [0, 0.05) is 31.5 Å². The van der Waals surface area contributed by atoms with E-state index in [1.165, 1.54) is 12.1 Å².